The summed E-state index contributed by atoms with van der Waals surface area (Å²) in [4.78, 5) is 12.0. The van der Waals surface area contributed by atoms with E-state index in [1.54, 1.807) is 48.5 Å². The molecule has 0 saturated heterocycles. The number of methoxy groups -OCH3 is 2. The minimum atomic E-state index is -0.569. The van der Waals surface area contributed by atoms with Gasteiger partial charge in [-0.15, -0.1) is 5.10 Å². The number of aromatic nitrogens is 2. The highest BCUT2D eigenvalue weighted by Gasteiger charge is 2.19. The SMILES string of the molecule is CO/C=C(/C(=O)OC)c1ccccc1Oc1nnc(-c2ccc(Cl)cc2)o1. The van der Waals surface area contributed by atoms with Crippen LogP contribution in [0, 0.1) is 0 Å². The number of benzene rings is 2. The van der Waals surface area contributed by atoms with Gasteiger partial charge in [-0.05, 0) is 30.3 Å². The van der Waals surface area contributed by atoms with Crippen LogP contribution in [0.3, 0.4) is 0 Å². The van der Waals surface area contributed by atoms with Gasteiger partial charge in [0.25, 0.3) is 5.89 Å². The summed E-state index contributed by atoms with van der Waals surface area (Å²) in [7, 11) is 2.72. The monoisotopic (exact) mass is 386 g/mol. The lowest BCUT2D eigenvalue weighted by Crippen LogP contribution is -2.05. The number of carbonyl (C=O) groups is 1. The molecule has 0 aliphatic heterocycles. The van der Waals surface area contributed by atoms with Gasteiger partial charge in [0.2, 0.25) is 0 Å². The van der Waals surface area contributed by atoms with Gasteiger partial charge in [-0.1, -0.05) is 34.9 Å². The quantitative estimate of drug-likeness (QED) is 0.354. The fraction of sp³-hybridized carbons (Fsp3) is 0.105. The van der Waals surface area contributed by atoms with Gasteiger partial charge in [0.05, 0.1) is 20.5 Å². The second-order valence-electron chi connectivity index (χ2n) is 5.24. The van der Waals surface area contributed by atoms with Crippen molar-refractivity contribution in [2.24, 2.45) is 0 Å². The molecule has 0 fully saturated rings. The molecule has 0 aliphatic rings. The van der Waals surface area contributed by atoms with Crippen LogP contribution in [0.5, 0.6) is 11.8 Å². The predicted molar refractivity (Wildman–Crippen MR) is 98.3 cm³/mol. The van der Waals surface area contributed by atoms with Crippen molar-refractivity contribution in [3.63, 3.8) is 0 Å². The summed E-state index contributed by atoms with van der Waals surface area (Å²) < 4.78 is 21.0. The molecule has 2 aromatic carbocycles. The van der Waals surface area contributed by atoms with Gasteiger partial charge in [0, 0.05) is 16.1 Å². The molecule has 8 heteroatoms. The van der Waals surface area contributed by atoms with Crippen molar-refractivity contribution in [1.82, 2.24) is 10.2 Å². The first-order chi connectivity index (χ1) is 13.1. The van der Waals surface area contributed by atoms with Gasteiger partial charge in [0.1, 0.15) is 11.3 Å². The van der Waals surface area contributed by atoms with Crippen LogP contribution >= 0.6 is 11.6 Å². The second-order valence-corrected chi connectivity index (χ2v) is 5.67. The molecule has 3 aromatic rings. The lowest BCUT2D eigenvalue weighted by molar-refractivity contribution is -0.133. The molecule has 0 aliphatic carbocycles. The van der Waals surface area contributed by atoms with E-state index in [0.717, 1.165) is 0 Å². The molecule has 3 rings (SSSR count). The first kappa shape index (κ1) is 18.5. The number of nitrogens with zero attached hydrogens (tertiary/aromatic N) is 2. The molecular weight excluding hydrogens is 372 g/mol. The summed E-state index contributed by atoms with van der Waals surface area (Å²) in [6, 6.07) is 13.8. The standard InChI is InChI=1S/C19H15ClN2O5/c1-24-11-15(18(23)25-2)14-5-3-4-6-16(14)26-19-22-21-17(27-19)12-7-9-13(20)10-8-12/h3-11H,1-2H3/b15-11+. The number of esters is 1. The molecule has 1 heterocycles. The van der Waals surface area contributed by atoms with Gasteiger partial charge >= 0.3 is 12.0 Å². The van der Waals surface area contributed by atoms with Crippen LogP contribution in [0.2, 0.25) is 5.02 Å². The first-order valence-electron chi connectivity index (χ1n) is 7.80. The molecular formula is C19H15ClN2O5. The smallest absolute Gasteiger partial charge is 0.420 e. The summed E-state index contributed by atoms with van der Waals surface area (Å²) in [6.45, 7) is 0. The Balaban J connectivity index is 1.90. The molecule has 0 saturated carbocycles. The number of halogens is 1. The highest BCUT2D eigenvalue weighted by molar-refractivity contribution is 6.30. The van der Waals surface area contributed by atoms with Crippen LogP contribution in [0.1, 0.15) is 5.56 Å². The third kappa shape index (κ3) is 4.27. The average Bonchev–Trinajstić information content (AvgIpc) is 3.15. The Labute approximate surface area is 160 Å². The van der Waals surface area contributed by atoms with Crippen molar-refractivity contribution < 1.29 is 23.4 Å². The molecule has 138 valence electrons. The molecule has 0 amide bonds. The lowest BCUT2D eigenvalue weighted by atomic mass is 10.1. The zero-order valence-corrected chi connectivity index (χ0v) is 15.3. The number of hydrogen-bond donors (Lipinski definition) is 0. The maximum atomic E-state index is 12.0. The number of hydrogen-bond acceptors (Lipinski definition) is 7. The molecule has 1 aromatic heterocycles. The van der Waals surface area contributed by atoms with Crippen molar-refractivity contribution in [2.45, 2.75) is 0 Å². The van der Waals surface area contributed by atoms with Crippen molar-refractivity contribution in [3.05, 3.63) is 65.4 Å². The van der Waals surface area contributed by atoms with Crippen LogP contribution in [0.15, 0.2) is 59.2 Å². The van der Waals surface area contributed by atoms with E-state index in [2.05, 4.69) is 10.2 Å². The Hall–Kier alpha value is -3.32. The van der Waals surface area contributed by atoms with E-state index < -0.39 is 5.97 Å². The van der Waals surface area contributed by atoms with Crippen LogP contribution in [0.25, 0.3) is 17.0 Å². The third-order valence-corrected chi connectivity index (χ3v) is 3.77. The molecule has 0 spiro atoms. The van der Waals surface area contributed by atoms with E-state index in [0.29, 0.717) is 21.9 Å². The molecule has 0 N–H and O–H groups in total. The Kier molecular flexibility index (Phi) is 5.73. The fourth-order valence-corrected chi connectivity index (χ4v) is 2.41. The normalized spacial score (nSPS) is 11.1. The van der Waals surface area contributed by atoms with Gasteiger partial charge in [-0.25, -0.2) is 4.79 Å². The van der Waals surface area contributed by atoms with Crippen LogP contribution in [-0.4, -0.2) is 30.4 Å². The highest BCUT2D eigenvalue weighted by atomic mass is 35.5. The van der Waals surface area contributed by atoms with E-state index in [4.69, 9.17) is 30.2 Å². The Morgan fingerprint density at radius 3 is 2.52 bits per heavy atom. The van der Waals surface area contributed by atoms with E-state index in [1.807, 2.05) is 0 Å². The minimum absolute atomic E-state index is 0.0750. The zero-order chi connectivity index (χ0) is 19.2. The number of carbonyl (C=O) groups excluding carboxylic acids is 1. The van der Waals surface area contributed by atoms with Crippen LogP contribution in [-0.2, 0) is 14.3 Å². The summed E-state index contributed by atoms with van der Waals surface area (Å²) >= 11 is 5.88. The molecule has 0 radical (unpaired) electrons. The maximum absolute atomic E-state index is 12.0. The Morgan fingerprint density at radius 2 is 1.81 bits per heavy atom. The van der Waals surface area contributed by atoms with Gasteiger partial charge in [-0.2, -0.15) is 0 Å². The molecule has 0 bridgehead atoms. The van der Waals surface area contributed by atoms with Crippen molar-refractivity contribution in [3.8, 4) is 23.3 Å². The lowest BCUT2D eigenvalue weighted by Gasteiger charge is -2.10. The summed E-state index contributed by atoms with van der Waals surface area (Å²) in [5.74, 6) is 0.0394. The minimum Gasteiger partial charge on any atom is -0.503 e. The van der Waals surface area contributed by atoms with Gasteiger partial charge < -0.3 is 18.6 Å². The largest absolute Gasteiger partial charge is 0.503 e. The van der Waals surface area contributed by atoms with Crippen LogP contribution in [0.4, 0.5) is 0 Å². The van der Waals surface area contributed by atoms with Gasteiger partial charge in [-0.3, -0.25) is 0 Å². The maximum Gasteiger partial charge on any atom is 0.420 e. The summed E-state index contributed by atoms with van der Waals surface area (Å²) in [6.07, 6.45) is 1.20. The highest BCUT2D eigenvalue weighted by Crippen LogP contribution is 2.31. The molecule has 0 atom stereocenters. The number of para-hydroxylation sites is 1. The first-order valence-corrected chi connectivity index (χ1v) is 8.18. The van der Waals surface area contributed by atoms with E-state index in [1.165, 1.54) is 20.5 Å². The van der Waals surface area contributed by atoms with Crippen molar-refractivity contribution in [2.75, 3.05) is 14.2 Å². The number of ether oxygens (including phenoxy) is 3. The topological polar surface area (TPSA) is 83.7 Å². The van der Waals surface area contributed by atoms with Gasteiger partial charge in [0.15, 0.2) is 0 Å². The third-order valence-electron chi connectivity index (χ3n) is 3.51. The second kappa shape index (κ2) is 8.37. The Morgan fingerprint density at radius 1 is 1.07 bits per heavy atom. The fourth-order valence-electron chi connectivity index (χ4n) is 2.28. The summed E-state index contributed by atoms with van der Waals surface area (Å²) in [5, 5.41) is 8.44. The molecule has 27 heavy (non-hydrogen) atoms. The average molecular weight is 387 g/mol. The summed E-state index contributed by atoms with van der Waals surface area (Å²) in [5.41, 5.74) is 1.34. The molecule has 0 unspecified atom stereocenters. The van der Waals surface area contributed by atoms with Crippen molar-refractivity contribution >= 4 is 23.1 Å². The Bertz CT molecular complexity index is 966. The number of rotatable bonds is 6. The van der Waals surface area contributed by atoms with Crippen LogP contribution < -0.4 is 4.74 Å². The van der Waals surface area contributed by atoms with E-state index in [9.17, 15) is 4.79 Å². The van der Waals surface area contributed by atoms with Crippen molar-refractivity contribution in [1.29, 1.82) is 0 Å². The van der Waals surface area contributed by atoms with E-state index in [-0.39, 0.29) is 17.5 Å². The van der Waals surface area contributed by atoms with E-state index >= 15 is 0 Å². The molecule has 7 nitrogen and oxygen atoms in total. The zero-order valence-electron chi connectivity index (χ0n) is 14.5. The predicted octanol–water partition coefficient (Wildman–Crippen LogP) is 4.34.